The number of para-hydroxylation sites is 1. The predicted molar refractivity (Wildman–Crippen MR) is 112 cm³/mol. The van der Waals surface area contributed by atoms with E-state index < -0.39 is 5.97 Å². The van der Waals surface area contributed by atoms with Gasteiger partial charge in [-0.2, -0.15) is 0 Å². The number of thiophene rings is 1. The van der Waals surface area contributed by atoms with Gasteiger partial charge in [0, 0.05) is 23.4 Å². The van der Waals surface area contributed by atoms with Crippen molar-refractivity contribution in [2.75, 3.05) is 25.5 Å². The number of carbonyl (C=O) groups excluding carboxylic acids is 2. The second kappa shape index (κ2) is 8.34. The van der Waals surface area contributed by atoms with Crippen molar-refractivity contribution in [3.63, 3.8) is 0 Å². The third-order valence-electron chi connectivity index (χ3n) is 4.85. The van der Waals surface area contributed by atoms with E-state index >= 15 is 0 Å². The van der Waals surface area contributed by atoms with Crippen LogP contribution in [0.15, 0.2) is 34.7 Å². The van der Waals surface area contributed by atoms with Crippen molar-refractivity contribution < 1.29 is 18.7 Å². The zero-order valence-corrected chi connectivity index (χ0v) is 17.2. The summed E-state index contributed by atoms with van der Waals surface area (Å²) in [6, 6.07) is 9.15. The molecule has 8 heteroatoms. The fourth-order valence-electron chi connectivity index (χ4n) is 3.39. The number of methoxy groups -OCH3 is 1. The summed E-state index contributed by atoms with van der Waals surface area (Å²) in [5.41, 5.74) is 2.11. The number of esters is 1. The Morgan fingerprint density at radius 2 is 2.11 bits per heavy atom. The molecule has 0 bridgehead atoms. The number of hydrogen-bond donors (Lipinski definition) is 1. The Hall–Kier alpha value is -2.35. The van der Waals surface area contributed by atoms with Gasteiger partial charge in [0.2, 0.25) is 0 Å². The largest absolute Gasteiger partial charge is 0.465 e. The first-order chi connectivity index (χ1) is 13.1. The summed E-state index contributed by atoms with van der Waals surface area (Å²) in [6.45, 7) is 4.73. The quantitative estimate of drug-likeness (QED) is 0.636. The van der Waals surface area contributed by atoms with Gasteiger partial charge in [-0.15, -0.1) is 23.7 Å². The highest BCUT2D eigenvalue weighted by Crippen LogP contribution is 2.38. The Kier molecular flexibility index (Phi) is 6.07. The summed E-state index contributed by atoms with van der Waals surface area (Å²) in [5, 5.41) is 4.24. The van der Waals surface area contributed by atoms with E-state index in [0.29, 0.717) is 16.1 Å². The van der Waals surface area contributed by atoms with E-state index in [9.17, 15) is 9.59 Å². The van der Waals surface area contributed by atoms with Gasteiger partial charge in [0.15, 0.2) is 5.76 Å². The van der Waals surface area contributed by atoms with Crippen molar-refractivity contribution in [1.82, 2.24) is 4.90 Å². The number of nitrogens with one attached hydrogen (secondary N) is 1. The zero-order valence-electron chi connectivity index (χ0n) is 15.6. The molecule has 4 rings (SSSR count). The molecule has 0 aliphatic carbocycles. The molecule has 3 heterocycles. The van der Waals surface area contributed by atoms with E-state index in [1.54, 1.807) is 6.07 Å². The number of fused-ring (bicyclic) bond motifs is 2. The molecule has 0 radical (unpaired) electrons. The van der Waals surface area contributed by atoms with Crippen LogP contribution in [0.5, 0.6) is 0 Å². The van der Waals surface area contributed by atoms with Crippen LogP contribution in [-0.2, 0) is 17.7 Å². The van der Waals surface area contributed by atoms with E-state index in [1.165, 1.54) is 18.4 Å². The molecule has 1 N–H and O–H groups in total. The molecule has 0 unspecified atom stereocenters. The maximum atomic E-state index is 12.7. The van der Waals surface area contributed by atoms with E-state index in [-0.39, 0.29) is 24.1 Å². The van der Waals surface area contributed by atoms with Gasteiger partial charge in [0.25, 0.3) is 5.91 Å². The minimum absolute atomic E-state index is 0. The molecule has 1 aromatic carbocycles. The Morgan fingerprint density at radius 3 is 2.82 bits per heavy atom. The summed E-state index contributed by atoms with van der Waals surface area (Å²) in [4.78, 5) is 28.5. The molecule has 148 valence electrons. The minimum Gasteiger partial charge on any atom is -0.465 e. The molecule has 1 aliphatic rings. The van der Waals surface area contributed by atoms with Crippen LogP contribution in [0, 0.1) is 0 Å². The van der Waals surface area contributed by atoms with Gasteiger partial charge in [-0.05, 0) is 30.7 Å². The molecule has 0 saturated carbocycles. The van der Waals surface area contributed by atoms with Gasteiger partial charge in [-0.1, -0.05) is 25.1 Å². The predicted octanol–water partition coefficient (Wildman–Crippen LogP) is 4.33. The van der Waals surface area contributed by atoms with Crippen LogP contribution in [0.2, 0.25) is 0 Å². The number of likely N-dealkylation sites (N-methyl/N-ethyl adjacent to an activating group) is 1. The highest BCUT2D eigenvalue weighted by Gasteiger charge is 2.29. The zero-order chi connectivity index (χ0) is 19.0. The van der Waals surface area contributed by atoms with Gasteiger partial charge in [0.05, 0.1) is 12.7 Å². The van der Waals surface area contributed by atoms with Crippen LogP contribution >= 0.6 is 23.7 Å². The monoisotopic (exact) mass is 420 g/mol. The maximum absolute atomic E-state index is 12.7. The van der Waals surface area contributed by atoms with Crippen LogP contribution in [0.3, 0.4) is 0 Å². The lowest BCUT2D eigenvalue weighted by Crippen LogP contribution is -2.29. The van der Waals surface area contributed by atoms with Crippen molar-refractivity contribution >= 4 is 51.6 Å². The number of benzene rings is 1. The van der Waals surface area contributed by atoms with Crippen LogP contribution < -0.4 is 5.32 Å². The minimum atomic E-state index is -0.419. The first-order valence-electron chi connectivity index (χ1n) is 8.85. The first kappa shape index (κ1) is 20.4. The fourth-order valence-corrected chi connectivity index (χ4v) is 4.66. The standard InChI is InChI=1S/C20H20N2O4S.ClH/c1-3-22-9-8-13-16(11-22)27-19(17(13)20(24)25-2)21-18(23)15-10-12-6-4-5-7-14(12)26-15;/h4-7,10H,3,8-9,11H2,1-2H3,(H,21,23);1H. The van der Waals surface area contributed by atoms with Crippen molar-refractivity contribution in [3.8, 4) is 0 Å². The summed E-state index contributed by atoms with van der Waals surface area (Å²) < 4.78 is 10.6. The van der Waals surface area contributed by atoms with Crippen LogP contribution in [-0.4, -0.2) is 37.0 Å². The molecular formula is C20H21ClN2O4S. The van der Waals surface area contributed by atoms with Gasteiger partial charge in [0.1, 0.15) is 10.6 Å². The van der Waals surface area contributed by atoms with Crippen molar-refractivity contribution in [3.05, 3.63) is 52.1 Å². The molecule has 28 heavy (non-hydrogen) atoms. The Bertz CT molecular complexity index is 994. The first-order valence-corrected chi connectivity index (χ1v) is 9.67. The third-order valence-corrected chi connectivity index (χ3v) is 5.98. The molecule has 2 aromatic heterocycles. The summed E-state index contributed by atoms with van der Waals surface area (Å²) in [5.74, 6) is -0.576. The highest BCUT2D eigenvalue weighted by molar-refractivity contribution is 7.17. The second-order valence-electron chi connectivity index (χ2n) is 6.42. The number of carbonyl (C=O) groups is 2. The van der Waals surface area contributed by atoms with Gasteiger partial charge in [-0.25, -0.2) is 4.79 Å². The molecule has 0 saturated heterocycles. The normalized spacial score (nSPS) is 13.6. The molecule has 3 aromatic rings. The molecular weight excluding hydrogens is 400 g/mol. The topological polar surface area (TPSA) is 71.8 Å². The fraction of sp³-hybridized carbons (Fsp3) is 0.300. The molecule has 6 nitrogen and oxygen atoms in total. The molecule has 1 amide bonds. The number of halogens is 1. The molecule has 0 spiro atoms. The summed E-state index contributed by atoms with van der Waals surface area (Å²) >= 11 is 1.44. The van der Waals surface area contributed by atoms with Gasteiger partial charge < -0.3 is 14.5 Å². The van der Waals surface area contributed by atoms with Crippen molar-refractivity contribution in [1.29, 1.82) is 0 Å². The Morgan fingerprint density at radius 1 is 1.32 bits per heavy atom. The Labute approximate surface area is 172 Å². The number of ether oxygens (including phenoxy) is 1. The number of amides is 1. The summed E-state index contributed by atoms with van der Waals surface area (Å²) in [6.07, 6.45) is 0.768. The average molecular weight is 421 g/mol. The maximum Gasteiger partial charge on any atom is 0.341 e. The van der Waals surface area contributed by atoms with Crippen LogP contribution in [0.25, 0.3) is 11.0 Å². The van der Waals surface area contributed by atoms with E-state index in [1.807, 2.05) is 24.3 Å². The lowest BCUT2D eigenvalue weighted by atomic mass is 10.0. The molecule has 0 atom stereocenters. The second-order valence-corrected chi connectivity index (χ2v) is 7.53. The van der Waals surface area contributed by atoms with Crippen LogP contribution in [0.4, 0.5) is 5.00 Å². The lowest BCUT2D eigenvalue weighted by Gasteiger charge is -2.25. The SMILES string of the molecule is CCN1CCc2c(sc(NC(=O)c3cc4ccccc4o3)c2C(=O)OC)C1.Cl. The van der Waals surface area contributed by atoms with E-state index in [4.69, 9.17) is 9.15 Å². The highest BCUT2D eigenvalue weighted by atomic mass is 35.5. The average Bonchev–Trinajstić information content (AvgIpc) is 3.27. The molecule has 1 aliphatic heterocycles. The smallest absolute Gasteiger partial charge is 0.341 e. The summed E-state index contributed by atoms with van der Waals surface area (Å²) in [7, 11) is 1.36. The lowest BCUT2D eigenvalue weighted by molar-refractivity contribution is 0.0600. The van der Waals surface area contributed by atoms with Gasteiger partial charge in [-0.3, -0.25) is 9.69 Å². The number of furan rings is 1. The number of rotatable bonds is 4. The third kappa shape index (κ3) is 3.65. The number of nitrogens with zero attached hydrogens (tertiary/aromatic N) is 1. The van der Waals surface area contributed by atoms with Crippen LogP contribution in [0.1, 0.15) is 38.3 Å². The Balaban J connectivity index is 0.00000225. The van der Waals surface area contributed by atoms with E-state index in [0.717, 1.165) is 41.9 Å². The molecule has 0 fully saturated rings. The van der Waals surface area contributed by atoms with Crippen molar-refractivity contribution in [2.24, 2.45) is 0 Å². The van der Waals surface area contributed by atoms with Crippen molar-refractivity contribution in [2.45, 2.75) is 19.9 Å². The number of hydrogen-bond acceptors (Lipinski definition) is 6. The number of anilines is 1. The van der Waals surface area contributed by atoms with E-state index in [2.05, 4.69) is 17.1 Å². The van der Waals surface area contributed by atoms with Gasteiger partial charge >= 0.3 is 5.97 Å².